The number of pyridine rings is 1. The molecule has 1 N–H and O–H groups in total. The first-order valence-corrected chi connectivity index (χ1v) is 8.47. The smallest absolute Gasteiger partial charge is 0.226 e. The Bertz CT molecular complexity index is 628. The summed E-state index contributed by atoms with van der Waals surface area (Å²) >= 11 is 0. The molecule has 0 radical (unpaired) electrons. The van der Waals surface area contributed by atoms with E-state index in [9.17, 15) is 14.4 Å². The van der Waals surface area contributed by atoms with Crippen LogP contribution in [-0.4, -0.2) is 40.1 Å². The number of carbonyl (C=O) groups is 3. The third kappa shape index (κ3) is 4.40. The Morgan fingerprint density at radius 3 is 2.71 bits per heavy atom. The Morgan fingerprint density at radius 1 is 1.29 bits per heavy atom. The van der Waals surface area contributed by atoms with E-state index in [1.807, 2.05) is 20.8 Å². The fraction of sp³-hybridized carbons (Fsp3) is 0.556. The first-order valence-electron chi connectivity index (χ1n) is 8.47. The molecule has 1 fully saturated rings. The maximum absolute atomic E-state index is 12.3. The average Bonchev–Trinajstić information content (AvgIpc) is 2.54. The third-order valence-corrected chi connectivity index (χ3v) is 4.26. The molecular formula is C18H25N3O3. The number of nitrogens with zero attached hydrogens (tertiary/aromatic N) is 2. The van der Waals surface area contributed by atoms with E-state index in [2.05, 4.69) is 10.3 Å². The van der Waals surface area contributed by atoms with E-state index in [4.69, 9.17) is 0 Å². The number of amides is 2. The number of ketones is 1. The van der Waals surface area contributed by atoms with Crippen LogP contribution in [0.4, 0.5) is 5.69 Å². The van der Waals surface area contributed by atoms with E-state index in [0.717, 1.165) is 12.8 Å². The van der Waals surface area contributed by atoms with E-state index in [0.29, 0.717) is 24.2 Å². The lowest BCUT2D eigenvalue weighted by Gasteiger charge is -2.32. The van der Waals surface area contributed by atoms with Crippen LogP contribution in [0.2, 0.25) is 0 Å². The summed E-state index contributed by atoms with van der Waals surface area (Å²) in [6.07, 6.45) is 5.70. The van der Waals surface area contributed by atoms with Crippen LogP contribution in [0.1, 0.15) is 56.8 Å². The maximum Gasteiger partial charge on any atom is 0.226 e. The summed E-state index contributed by atoms with van der Waals surface area (Å²) in [5.41, 5.74) is 0.897. The second-order valence-electron chi connectivity index (χ2n) is 6.59. The number of likely N-dealkylation sites (tertiary alicyclic amines) is 1. The van der Waals surface area contributed by atoms with Gasteiger partial charge in [0, 0.05) is 43.7 Å². The molecule has 1 aromatic rings. The fourth-order valence-corrected chi connectivity index (χ4v) is 2.88. The van der Waals surface area contributed by atoms with Crippen LogP contribution in [0.5, 0.6) is 0 Å². The highest BCUT2D eigenvalue weighted by atomic mass is 16.2. The second kappa shape index (κ2) is 8.04. The number of Topliss-reactive ketones (excluding diaryl/α,β-unsaturated/α-hetero) is 1. The molecule has 0 unspecified atom stereocenters. The summed E-state index contributed by atoms with van der Waals surface area (Å²) in [6.45, 7) is 6.21. The molecule has 2 amide bonds. The number of anilines is 1. The predicted octanol–water partition coefficient (Wildman–Crippen LogP) is 2.65. The molecule has 2 rings (SSSR count). The quantitative estimate of drug-likeness (QED) is 0.813. The van der Waals surface area contributed by atoms with Crippen LogP contribution in [0.25, 0.3) is 0 Å². The summed E-state index contributed by atoms with van der Waals surface area (Å²) in [6, 6.07) is 1.48. The topological polar surface area (TPSA) is 79.4 Å². The summed E-state index contributed by atoms with van der Waals surface area (Å²) in [5, 5.41) is 2.79. The van der Waals surface area contributed by atoms with Crippen molar-refractivity contribution >= 4 is 23.3 Å². The van der Waals surface area contributed by atoms with Crippen molar-refractivity contribution in [3.05, 3.63) is 24.0 Å². The lowest BCUT2D eigenvalue weighted by molar-refractivity contribution is -0.136. The van der Waals surface area contributed by atoms with E-state index >= 15 is 0 Å². The molecule has 1 aliphatic heterocycles. The second-order valence-corrected chi connectivity index (χ2v) is 6.59. The van der Waals surface area contributed by atoms with E-state index in [1.165, 1.54) is 6.20 Å². The highest BCUT2D eigenvalue weighted by Gasteiger charge is 2.25. The Morgan fingerprint density at radius 2 is 2.04 bits per heavy atom. The van der Waals surface area contributed by atoms with Gasteiger partial charge >= 0.3 is 0 Å². The number of hydrogen-bond acceptors (Lipinski definition) is 4. The van der Waals surface area contributed by atoms with Gasteiger partial charge in [0.05, 0.1) is 11.3 Å². The number of aromatic nitrogens is 1. The highest BCUT2D eigenvalue weighted by Crippen LogP contribution is 2.20. The zero-order valence-corrected chi connectivity index (χ0v) is 14.5. The molecule has 1 atom stereocenters. The van der Waals surface area contributed by atoms with E-state index in [-0.39, 0.29) is 36.0 Å². The van der Waals surface area contributed by atoms with Crippen molar-refractivity contribution in [2.24, 2.45) is 5.92 Å². The molecule has 6 heteroatoms. The van der Waals surface area contributed by atoms with Crippen molar-refractivity contribution in [1.82, 2.24) is 9.88 Å². The highest BCUT2D eigenvalue weighted by molar-refractivity contribution is 6.05. The van der Waals surface area contributed by atoms with Crippen LogP contribution in [0.3, 0.4) is 0 Å². The standard InChI is InChI=1S/C18H25N3O3/c1-12(2)18(24)14-11-19-8-7-15(14)20-16(22)10-13(3)21-9-5-4-6-17(21)23/h7-8,11-13H,4-6,9-10H2,1-3H3,(H,19,20,22)/t13-/m0/s1. The minimum atomic E-state index is -0.204. The number of nitrogens with one attached hydrogen (secondary N) is 1. The minimum Gasteiger partial charge on any atom is -0.339 e. The van der Waals surface area contributed by atoms with Gasteiger partial charge in [-0.25, -0.2) is 0 Å². The first-order chi connectivity index (χ1) is 11.4. The van der Waals surface area contributed by atoms with E-state index < -0.39 is 0 Å². The summed E-state index contributed by atoms with van der Waals surface area (Å²) in [5.74, 6) is -0.321. The van der Waals surface area contributed by atoms with Crippen molar-refractivity contribution in [3.63, 3.8) is 0 Å². The number of piperidine rings is 1. The van der Waals surface area contributed by atoms with Gasteiger partial charge in [-0.3, -0.25) is 19.4 Å². The lowest BCUT2D eigenvalue weighted by atomic mass is 10.0. The Kier molecular flexibility index (Phi) is 6.06. The number of hydrogen-bond donors (Lipinski definition) is 1. The Labute approximate surface area is 142 Å². The van der Waals surface area contributed by atoms with Gasteiger partial charge in [0.2, 0.25) is 11.8 Å². The molecule has 1 saturated heterocycles. The molecule has 1 aromatic heterocycles. The van der Waals surface area contributed by atoms with Crippen molar-refractivity contribution in [2.75, 3.05) is 11.9 Å². The molecule has 0 saturated carbocycles. The number of carbonyl (C=O) groups excluding carboxylic acids is 3. The zero-order valence-electron chi connectivity index (χ0n) is 14.5. The van der Waals surface area contributed by atoms with Crippen molar-refractivity contribution in [3.8, 4) is 0 Å². The van der Waals surface area contributed by atoms with Gasteiger partial charge in [-0.15, -0.1) is 0 Å². The molecular weight excluding hydrogens is 306 g/mol. The minimum absolute atomic E-state index is 0.0577. The van der Waals surface area contributed by atoms with Crippen LogP contribution >= 0.6 is 0 Å². The predicted molar refractivity (Wildman–Crippen MR) is 91.7 cm³/mol. The monoisotopic (exact) mass is 331 g/mol. The van der Waals surface area contributed by atoms with Crippen LogP contribution in [0.15, 0.2) is 18.5 Å². The van der Waals surface area contributed by atoms with Gasteiger partial charge in [-0.2, -0.15) is 0 Å². The van der Waals surface area contributed by atoms with Gasteiger partial charge < -0.3 is 10.2 Å². The molecule has 2 heterocycles. The zero-order chi connectivity index (χ0) is 17.7. The Balaban J connectivity index is 2.02. The average molecular weight is 331 g/mol. The normalized spacial score (nSPS) is 16.2. The number of rotatable bonds is 6. The van der Waals surface area contributed by atoms with Crippen LogP contribution < -0.4 is 5.32 Å². The van der Waals surface area contributed by atoms with Gasteiger partial charge in [-0.05, 0) is 25.8 Å². The van der Waals surface area contributed by atoms with Crippen LogP contribution in [0, 0.1) is 5.92 Å². The summed E-state index contributed by atoms with van der Waals surface area (Å²) in [4.78, 5) is 42.2. The summed E-state index contributed by atoms with van der Waals surface area (Å²) < 4.78 is 0. The SMILES string of the molecule is CC(C)C(=O)c1cnccc1NC(=O)C[C@H](C)N1CCCCC1=O. The van der Waals surface area contributed by atoms with Gasteiger partial charge in [-0.1, -0.05) is 13.8 Å². The molecule has 24 heavy (non-hydrogen) atoms. The van der Waals surface area contributed by atoms with Gasteiger partial charge in [0.25, 0.3) is 0 Å². The van der Waals surface area contributed by atoms with E-state index in [1.54, 1.807) is 17.2 Å². The Hall–Kier alpha value is -2.24. The molecule has 0 aromatic carbocycles. The third-order valence-electron chi connectivity index (χ3n) is 4.26. The largest absolute Gasteiger partial charge is 0.339 e. The lowest BCUT2D eigenvalue weighted by Crippen LogP contribution is -2.43. The van der Waals surface area contributed by atoms with Crippen LogP contribution in [-0.2, 0) is 9.59 Å². The maximum atomic E-state index is 12.3. The molecule has 130 valence electrons. The molecule has 6 nitrogen and oxygen atoms in total. The van der Waals surface area contributed by atoms with Gasteiger partial charge in [0.1, 0.15) is 0 Å². The van der Waals surface area contributed by atoms with Crippen molar-refractivity contribution in [1.29, 1.82) is 0 Å². The fourth-order valence-electron chi connectivity index (χ4n) is 2.88. The van der Waals surface area contributed by atoms with Crippen molar-refractivity contribution in [2.45, 2.75) is 52.5 Å². The molecule has 1 aliphatic rings. The first kappa shape index (κ1) is 18.1. The summed E-state index contributed by atoms with van der Waals surface area (Å²) in [7, 11) is 0. The van der Waals surface area contributed by atoms with Gasteiger partial charge in [0.15, 0.2) is 5.78 Å². The molecule has 0 bridgehead atoms. The molecule has 0 aliphatic carbocycles. The molecule has 0 spiro atoms. The van der Waals surface area contributed by atoms with Crippen molar-refractivity contribution < 1.29 is 14.4 Å².